The van der Waals surface area contributed by atoms with E-state index in [2.05, 4.69) is 31.1 Å². The average molecular weight is 240 g/mol. The van der Waals surface area contributed by atoms with E-state index in [1.54, 1.807) is 0 Å². The average Bonchev–Trinajstić information content (AvgIpc) is 2.35. The maximum absolute atomic E-state index is 3.33. The fraction of sp³-hybridized carbons (Fsp3) is 1.00. The number of unbranched alkanes of at least 4 members (excludes halogenated alkanes) is 3. The summed E-state index contributed by atoms with van der Waals surface area (Å²) in [5, 5.41) is 3.33. The van der Waals surface area contributed by atoms with Gasteiger partial charge in [0.15, 0.2) is 0 Å². The van der Waals surface area contributed by atoms with Crippen LogP contribution < -0.4 is 5.32 Å². The molecule has 1 aliphatic heterocycles. The molecule has 2 heteroatoms. The molecule has 1 heterocycles. The minimum Gasteiger partial charge on any atom is -0.319 e. The third kappa shape index (κ3) is 5.87. The minimum absolute atomic E-state index is 0.798. The predicted octanol–water partition coefficient (Wildman–Crippen LogP) is 3.28. The third-order valence-electron chi connectivity index (χ3n) is 4.14. The number of likely N-dealkylation sites (tertiary alicyclic amines) is 1. The van der Waals surface area contributed by atoms with Crippen molar-refractivity contribution in [2.45, 2.75) is 64.8 Å². The molecule has 1 aliphatic rings. The number of hydrogen-bond acceptors (Lipinski definition) is 2. The van der Waals surface area contributed by atoms with E-state index in [1.165, 1.54) is 64.6 Å². The lowest BCUT2D eigenvalue weighted by Gasteiger charge is -2.37. The van der Waals surface area contributed by atoms with E-state index < -0.39 is 0 Å². The molecule has 1 rings (SSSR count). The Kier molecular flexibility index (Phi) is 7.87. The molecule has 0 amide bonds. The van der Waals surface area contributed by atoms with Gasteiger partial charge in [-0.25, -0.2) is 0 Å². The summed E-state index contributed by atoms with van der Waals surface area (Å²) < 4.78 is 0. The first kappa shape index (κ1) is 15.0. The summed E-state index contributed by atoms with van der Waals surface area (Å²) in [7, 11) is 2.08. The predicted molar refractivity (Wildman–Crippen MR) is 76.4 cm³/mol. The zero-order valence-electron chi connectivity index (χ0n) is 12.2. The van der Waals surface area contributed by atoms with Gasteiger partial charge in [-0.1, -0.05) is 32.6 Å². The van der Waals surface area contributed by atoms with Crippen molar-refractivity contribution in [2.75, 3.05) is 26.7 Å². The normalized spacial score (nSPS) is 23.8. The van der Waals surface area contributed by atoms with Crippen molar-refractivity contribution < 1.29 is 0 Å². The summed E-state index contributed by atoms with van der Waals surface area (Å²) in [6.45, 7) is 8.55. The molecule has 1 saturated heterocycles. The van der Waals surface area contributed by atoms with E-state index in [0.29, 0.717) is 0 Å². The molecule has 0 spiro atoms. The summed E-state index contributed by atoms with van der Waals surface area (Å²) in [5.74, 6) is 0.881. The van der Waals surface area contributed by atoms with E-state index in [9.17, 15) is 0 Å². The fourth-order valence-electron chi connectivity index (χ4n) is 3.00. The lowest BCUT2D eigenvalue weighted by molar-refractivity contribution is 0.124. The highest BCUT2D eigenvalue weighted by Crippen LogP contribution is 2.20. The van der Waals surface area contributed by atoms with Crippen LogP contribution in [0.25, 0.3) is 0 Å². The highest BCUT2D eigenvalue weighted by atomic mass is 15.2. The van der Waals surface area contributed by atoms with E-state index in [-0.39, 0.29) is 0 Å². The Morgan fingerprint density at radius 2 is 2.12 bits per heavy atom. The van der Waals surface area contributed by atoms with Crippen LogP contribution in [0.3, 0.4) is 0 Å². The highest BCUT2D eigenvalue weighted by Gasteiger charge is 2.22. The molecular formula is C15H32N2. The molecule has 0 aromatic heterocycles. The van der Waals surface area contributed by atoms with Crippen molar-refractivity contribution in [3.05, 3.63) is 0 Å². The molecule has 0 bridgehead atoms. The number of piperidine rings is 1. The molecule has 0 radical (unpaired) electrons. The van der Waals surface area contributed by atoms with E-state index >= 15 is 0 Å². The quantitative estimate of drug-likeness (QED) is 0.655. The lowest BCUT2D eigenvalue weighted by Crippen LogP contribution is -2.43. The van der Waals surface area contributed by atoms with Crippen molar-refractivity contribution in [1.29, 1.82) is 0 Å². The smallest absolute Gasteiger partial charge is 0.00670 e. The van der Waals surface area contributed by atoms with Crippen LogP contribution in [0.4, 0.5) is 0 Å². The second-order valence-electron chi connectivity index (χ2n) is 5.76. The Bertz CT molecular complexity index is 180. The standard InChI is InChI=1S/C15H32N2/c1-4-5-6-7-9-14(2)17-11-8-10-15(13-17)12-16-3/h14-16H,4-13H2,1-3H3. The van der Waals surface area contributed by atoms with Crippen LogP contribution >= 0.6 is 0 Å². The van der Waals surface area contributed by atoms with Crippen LogP contribution in [0, 0.1) is 5.92 Å². The van der Waals surface area contributed by atoms with Crippen LogP contribution in [-0.2, 0) is 0 Å². The molecule has 0 saturated carbocycles. The first-order valence-electron chi connectivity index (χ1n) is 7.66. The Labute approximate surface area is 108 Å². The molecular weight excluding hydrogens is 208 g/mol. The molecule has 2 nitrogen and oxygen atoms in total. The van der Waals surface area contributed by atoms with Gasteiger partial charge in [-0.2, -0.15) is 0 Å². The van der Waals surface area contributed by atoms with Crippen molar-refractivity contribution in [1.82, 2.24) is 10.2 Å². The van der Waals surface area contributed by atoms with Crippen molar-refractivity contribution in [3.8, 4) is 0 Å². The lowest BCUT2D eigenvalue weighted by atomic mass is 9.95. The van der Waals surface area contributed by atoms with Crippen LogP contribution in [0.1, 0.15) is 58.8 Å². The summed E-state index contributed by atoms with van der Waals surface area (Å²) in [6, 6.07) is 0.798. The van der Waals surface area contributed by atoms with Crippen molar-refractivity contribution >= 4 is 0 Å². The summed E-state index contributed by atoms with van der Waals surface area (Å²) in [5.41, 5.74) is 0. The second-order valence-corrected chi connectivity index (χ2v) is 5.76. The fourth-order valence-corrected chi connectivity index (χ4v) is 3.00. The number of rotatable bonds is 8. The van der Waals surface area contributed by atoms with Gasteiger partial charge >= 0.3 is 0 Å². The second kappa shape index (κ2) is 8.93. The topological polar surface area (TPSA) is 15.3 Å². The summed E-state index contributed by atoms with van der Waals surface area (Å²) in [6.07, 6.45) is 9.81. The summed E-state index contributed by atoms with van der Waals surface area (Å²) in [4.78, 5) is 2.72. The molecule has 1 fully saturated rings. The zero-order valence-corrected chi connectivity index (χ0v) is 12.2. The number of nitrogens with one attached hydrogen (secondary N) is 1. The first-order chi connectivity index (χ1) is 8.27. The van der Waals surface area contributed by atoms with Crippen LogP contribution in [-0.4, -0.2) is 37.6 Å². The van der Waals surface area contributed by atoms with Gasteiger partial charge in [-0.15, -0.1) is 0 Å². The maximum Gasteiger partial charge on any atom is 0.00670 e. The molecule has 2 atom stereocenters. The Morgan fingerprint density at radius 1 is 1.29 bits per heavy atom. The van der Waals surface area contributed by atoms with E-state index in [4.69, 9.17) is 0 Å². The Hall–Kier alpha value is -0.0800. The molecule has 102 valence electrons. The van der Waals surface area contributed by atoms with E-state index in [0.717, 1.165) is 12.0 Å². The minimum atomic E-state index is 0.798. The summed E-state index contributed by atoms with van der Waals surface area (Å²) >= 11 is 0. The van der Waals surface area contributed by atoms with Gasteiger partial charge in [0, 0.05) is 12.6 Å². The first-order valence-corrected chi connectivity index (χ1v) is 7.66. The monoisotopic (exact) mass is 240 g/mol. The van der Waals surface area contributed by atoms with Gasteiger partial charge < -0.3 is 10.2 Å². The number of hydrogen-bond donors (Lipinski definition) is 1. The molecule has 0 aliphatic carbocycles. The van der Waals surface area contributed by atoms with Crippen molar-refractivity contribution in [3.63, 3.8) is 0 Å². The molecule has 2 unspecified atom stereocenters. The van der Waals surface area contributed by atoms with Crippen LogP contribution in [0.15, 0.2) is 0 Å². The molecule has 0 aromatic carbocycles. The third-order valence-corrected chi connectivity index (χ3v) is 4.14. The molecule has 17 heavy (non-hydrogen) atoms. The highest BCUT2D eigenvalue weighted by molar-refractivity contribution is 4.77. The van der Waals surface area contributed by atoms with Gasteiger partial charge in [-0.3, -0.25) is 0 Å². The maximum atomic E-state index is 3.33. The van der Waals surface area contributed by atoms with Crippen molar-refractivity contribution in [2.24, 2.45) is 5.92 Å². The molecule has 0 aromatic rings. The van der Waals surface area contributed by atoms with Gasteiger partial charge in [0.1, 0.15) is 0 Å². The van der Waals surface area contributed by atoms with Gasteiger partial charge in [0.25, 0.3) is 0 Å². The van der Waals surface area contributed by atoms with Crippen LogP contribution in [0.2, 0.25) is 0 Å². The van der Waals surface area contributed by atoms with Gasteiger partial charge in [0.05, 0.1) is 0 Å². The van der Waals surface area contributed by atoms with E-state index in [1.807, 2.05) is 0 Å². The van der Waals surface area contributed by atoms with Crippen LogP contribution in [0.5, 0.6) is 0 Å². The SMILES string of the molecule is CCCCCCC(C)N1CCCC(CNC)C1. The Balaban J connectivity index is 2.18. The van der Waals surface area contributed by atoms with Gasteiger partial charge in [-0.05, 0) is 52.2 Å². The molecule has 1 N–H and O–H groups in total. The zero-order chi connectivity index (χ0) is 12.5. The largest absolute Gasteiger partial charge is 0.319 e. The Morgan fingerprint density at radius 3 is 2.82 bits per heavy atom. The van der Waals surface area contributed by atoms with Gasteiger partial charge in [0.2, 0.25) is 0 Å². The number of nitrogens with zero attached hydrogens (tertiary/aromatic N) is 1.